The topological polar surface area (TPSA) is 64.6 Å². The van der Waals surface area contributed by atoms with Gasteiger partial charge in [-0.05, 0) is 26.3 Å². The van der Waals surface area contributed by atoms with Gasteiger partial charge in [0.25, 0.3) is 0 Å². The molecule has 5 nitrogen and oxygen atoms in total. The summed E-state index contributed by atoms with van der Waals surface area (Å²) in [4.78, 5) is 23.6. The summed E-state index contributed by atoms with van der Waals surface area (Å²) in [6, 6.07) is 8.62. The minimum absolute atomic E-state index is 0.162. The second-order valence-electron chi connectivity index (χ2n) is 5.45. The Morgan fingerprint density at radius 2 is 1.86 bits per heavy atom. The lowest BCUT2D eigenvalue weighted by atomic mass is 10.2. The average molecular weight is 405 g/mol. The number of benzene rings is 1. The summed E-state index contributed by atoms with van der Waals surface area (Å²) in [6.07, 6.45) is -0.633. The van der Waals surface area contributed by atoms with Gasteiger partial charge in [-0.1, -0.05) is 52.9 Å². The Hall–Kier alpha value is -1.31. The molecule has 0 aromatic heterocycles. The van der Waals surface area contributed by atoms with Crippen LogP contribution in [-0.2, 0) is 20.9 Å². The fourth-order valence-electron chi connectivity index (χ4n) is 1.44. The molecule has 0 bridgehead atoms. The summed E-state index contributed by atoms with van der Waals surface area (Å²) in [7, 11) is 0. The third-order valence-corrected chi connectivity index (χ3v) is 3.23. The highest BCUT2D eigenvalue weighted by atomic mass is 127. The van der Waals surface area contributed by atoms with Crippen molar-refractivity contribution < 1.29 is 19.1 Å². The number of rotatable bonds is 5. The zero-order valence-corrected chi connectivity index (χ0v) is 14.5. The van der Waals surface area contributed by atoms with Crippen LogP contribution in [-0.4, -0.2) is 28.1 Å². The fraction of sp³-hybridized carbons (Fsp3) is 0.467. The van der Waals surface area contributed by atoms with Gasteiger partial charge >= 0.3 is 12.1 Å². The number of nitrogens with one attached hydrogen (secondary N) is 1. The van der Waals surface area contributed by atoms with E-state index in [1.54, 1.807) is 20.8 Å². The monoisotopic (exact) mass is 405 g/mol. The van der Waals surface area contributed by atoms with Gasteiger partial charge in [0.1, 0.15) is 18.2 Å². The van der Waals surface area contributed by atoms with Crippen LogP contribution < -0.4 is 5.32 Å². The largest absolute Gasteiger partial charge is 0.458 e. The van der Waals surface area contributed by atoms with Crippen LogP contribution in [0.1, 0.15) is 26.3 Å². The normalized spacial score (nSPS) is 12.4. The number of carbonyl (C=O) groups is 2. The van der Waals surface area contributed by atoms with Gasteiger partial charge in [-0.25, -0.2) is 9.59 Å². The summed E-state index contributed by atoms with van der Waals surface area (Å²) in [5.41, 5.74) is 0.299. The van der Waals surface area contributed by atoms with Gasteiger partial charge in [0.2, 0.25) is 0 Å². The van der Waals surface area contributed by atoms with E-state index in [4.69, 9.17) is 9.47 Å². The molecular weight excluding hydrogens is 385 g/mol. The van der Waals surface area contributed by atoms with Crippen LogP contribution in [0.15, 0.2) is 30.3 Å². The van der Waals surface area contributed by atoms with Crippen LogP contribution in [0, 0.1) is 0 Å². The highest BCUT2D eigenvalue weighted by molar-refractivity contribution is 14.1. The van der Waals surface area contributed by atoms with E-state index in [-0.39, 0.29) is 6.61 Å². The Labute approximate surface area is 138 Å². The van der Waals surface area contributed by atoms with Gasteiger partial charge in [-0.2, -0.15) is 0 Å². The zero-order valence-electron chi connectivity index (χ0n) is 12.4. The van der Waals surface area contributed by atoms with Crippen LogP contribution in [0.3, 0.4) is 0 Å². The van der Waals surface area contributed by atoms with Crippen molar-refractivity contribution in [2.75, 3.05) is 4.43 Å². The van der Waals surface area contributed by atoms with Crippen molar-refractivity contribution in [1.82, 2.24) is 5.32 Å². The smallest absolute Gasteiger partial charge is 0.408 e. The zero-order chi connectivity index (χ0) is 15.9. The first-order valence-corrected chi connectivity index (χ1v) is 8.10. The van der Waals surface area contributed by atoms with E-state index >= 15 is 0 Å². The molecule has 1 aromatic rings. The third kappa shape index (κ3) is 7.31. The molecule has 6 heteroatoms. The number of esters is 1. The van der Waals surface area contributed by atoms with E-state index in [1.165, 1.54) is 0 Å². The van der Waals surface area contributed by atoms with E-state index in [2.05, 4.69) is 5.32 Å². The molecule has 0 spiro atoms. The molecule has 0 saturated carbocycles. The lowest BCUT2D eigenvalue weighted by molar-refractivity contribution is -0.156. The number of carbonyl (C=O) groups excluding carboxylic acids is 2. The molecule has 0 fully saturated rings. The van der Waals surface area contributed by atoms with Crippen LogP contribution in [0.25, 0.3) is 0 Å². The summed E-state index contributed by atoms with van der Waals surface area (Å²) in [5.74, 6) is -0.464. The Bertz CT molecular complexity index is 470. The van der Waals surface area contributed by atoms with E-state index in [0.717, 1.165) is 5.56 Å². The number of ether oxygens (including phenoxy) is 2. The maximum absolute atomic E-state index is 11.9. The van der Waals surface area contributed by atoms with Crippen molar-refractivity contribution in [1.29, 1.82) is 0 Å². The molecule has 1 atom stereocenters. The number of halogens is 1. The van der Waals surface area contributed by atoms with Crippen molar-refractivity contribution in [2.24, 2.45) is 0 Å². The van der Waals surface area contributed by atoms with E-state index in [9.17, 15) is 9.59 Å². The maximum atomic E-state index is 11.9. The van der Waals surface area contributed by atoms with Crippen molar-refractivity contribution >= 4 is 34.7 Å². The van der Waals surface area contributed by atoms with E-state index in [1.807, 2.05) is 52.9 Å². The number of alkyl halides is 1. The summed E-state index contributed by atoms with van der Waals surface area (Å²) >= 11 is 2.02. The summed E-state index contributed by atoms with van der Waals surface area (Å²) < 4.78 is 10.7. The second kappa shape index (κ2) is 8.21. The van der Waals surface area contributed by atoms with Crippen LogP contribution in [0.2, 0.25) is 0 Å². The molecule has 0 saturated heterocycles. The highest BCUT2D eigenvalue weighted by Crippen LogP contribution is 2.10. The predicted octanol–water partition coefficient (Wildman–Crippen LogP) is 3.06. The molecule has 116 valence electrons. The molecule has 0 aliphatic carbocycles. The molecule has 0 aliphatic rings. The lowest BCUT2D eigenvalue weighted by Gasteiger charge is -2.23. The van der Waals surface area contributed by atoms with Crippen molar-refractivity contribution in [3.63, 3.8) is 0 Å². The van der Waals surface area contributed by atoms with Crippen molar-refractivity contribution in [3.8, 4) is 0 Å². The van der Waals surface area contributed by atoms with Crippen LogP contribution >= 0.6 is 22.6 Å². The molecule has 0 heterocycles. The van der Waals surface area contributed by atoms with Crippen molar-refractivity contribution in [3.05, 3.63) is 35.9 Å². The molecule has 1 N–H and O–H groups in total. The number of hydrogen-bond donors (Lipinski definition) is 1. The highest BCUT2D eigenvalue weighted by Gasteiger charge is 2.26. The molecule has 1 rings (SSSR count). The fourth-order valence-corrected chi connectivity index (χ4v) is 2.02. The average Bonchev–Trinajstić information content (AvgIpc) is 2.41. The van der Waals surface area contributed by atoms with Gasteiger partial charge < -0.3 is 14.8 Å². The lowest BCUT2D eigenvalue weighted by Crippen LogP contribution is -2.45. The van der Waals surface area contributed by atoms with Gasteiger partial charge in [0.15, 0.2) is 0 Å². The summed E-state index contributed by atoms with van der Waals surface area (Å²) in [6.45, 7) is 5.50. The van der Waals surface area contributed by atoms with Gasteiger partial charge in [-0.15, -0.1) is 0 Å². The number of amides is 1. The van der Waals surface area contributed by atoms with E-state index in [0.29, 0.717) is 4.43 Å². The van der Waals surface area contributed by atoms with Gasteiger partial charge in [0, 0.05) is 4.43 Å². The number of hydrogen-bond acceptors (Lipinski definition) is 4. The Kier molecular flexibility index (Phi) is 6.94. The quantitative estimate of drug-likeness (QED) is 0.465. The Morgan fingerprint density at radius 1 is 1.24 bits per heavy atom. The Morgan fingerprint density at radius 3 is 2.38 bits per heavy atom. The first kappa shape index (κ1) is 17.7. The molecule has 1 amide bonds. The molecule has 0 radical (unpaired) electrons. The third-order valence-electron chi connectivity index (χ3n) is 2.35. The minimum Gasteiger partial charge on any atom is -0.458 e. The molecule has 0 unspecified atom stereocenters. The SMILES string of the molecule is CC(C)(C)OC(=O)[C@H](CI)NC(=O)OCc1ccccc1. The number of alkyl carbamates (subject to hydrolysis) is 1. The second-order valence-corrected chi connectivity index (χ2v) is 6.33. The van der Waals surface area contributed by atoms with Gasteiger partial charge in [0.05, 0.1) is 0 Å². The standard InChI is InChI=1S/C15H20INO4/c1-15(2,3)21-13(18)12(9-16)17-14(19)20-10-11-7-5-4-6-8-11/h4-8,12H,9-10H2,1-3H3,(H,17,19)/t12-/m0/s1. The van der Waals surface area contributed by atoms with Crippen LogP contribution in [0.4, 0.5) is 4.79 Å². The van der Waals surface area contributed by atoms with Crippen molar-refractivity contribution in [2.45, 2.75) is 39.0 Å². The summed E-state index contributed by atoms with van der Waals surface area (Å²) in [5, 5.41) is 2.52. The van der Waals surface area contributed by atoms with Gasteiger partial charge in [-0.3, -0.25) is 0 Å². The van der Waals surface area contributed by atoms with Crippen LogP contribution in [0.5, 0.6) is 0 Å². The maximum Gasteiger partial charge on any atom is 0.408 e. The molecular formula is C15H20INO4. The van der Waals surface area contributed by atoms with E-state index < -0.39 is 23.7 Å². The Balaban J connectivity index is 2.45. The molecule has 0 aliphatic heterocycles. The molecule has 21 heavy (non-hydrogen) atoms. The molecule has 1 aromatic carbocycles. The minimum atomic E-state index is -0.715. The first-order chi connectivity index (χ1) is 9.81. The first-order valence-electron chi connectivity index (χ1n) is 6.58. The predicted molar refractivity (Wildman–Crippen MR) is 88.3 cm³/mol.